The Morgan fingerprint density at radius 2 is 1.76 bits per heavy atom. The van der Waals surface area contributed by atoms with Gasteiger partial charge >= 0.3 is 0 Å². The van der Waals surface area contributed by atoms with E-state index >= 15 is 0 Å². The van der Waals surface area contributed by atoms with Gasteiger partial charge in [-0.25, -0.2) is 0 Å². The fourth-order valence-electron chi connectivity index (χ4n) is 2.10. The van der Waals surface area contributed by atoms with Crippen molar-refractivity contribution in [3.63, 3.8) is 0 Å². The minimum atomic E-state index is 0.238. The molecule has 0 bridgehead atoms. The van der Waals surface area contributed by atoms with Gasteiger partial charge in [0.15, 0.2) is 0 Å². The number of nitrogens with one attached hydrogen (secondary N) is 1. The quantitative estimate of drug-likeness (QED) is 0.621. The predicted octanol–water partition coefficient (Wildman–Crippen LogP) is 3.85. The van der Waals surface area contributed by atoms with Gasteiger partial charge < -0.3 is 10.1 Å². The first kappa shape index (κ1) is 16.9. The van der Waals surface area contributed by atoms with E-state index in [2.05, 4.69) is 39.9 Å². The predicted molar refractivity (Wildman–Crippen MR) is 76.4 cm³/mol. The lowest BCUT2D eigenvalue weighted by molar-refractivity contribution is 0.188. The highest BCUT2D eigenvalue weighted by molar-refractivity contribution is 4.74. The summed E-state index contributed by atoms with van der Waals surface area (Å²) in [5.74, 6) is 1.61. The molecule has 0 saturated carbocycles. The molecule has 104 valence electrons. The molecule has 1 unspecified atom stereocenters. The molecule has 0 rings (SSSR count). The summed E-state index contributed by atoms with van der Waals surface area (Å²) in [6.07, 6.45) is 5.14. The fraction of sp³-hybridized carbons (Fsp3) is 1.00. The maximum Gasteiger partial charge on any atom is 0.0462 e. The van der Waals surface area contributed by atoms with E-state index < -0.39 is 0 Å². The number of ether oxygens (including phenoxy) is 1. The van der Waals surface area contributed by atoms with Crippen LogP contribution < -0.4 is 5.32 Å². The molecular formula is C15H33NO. The van der Waals surface area contributed by atoms with Crippen LogP contribution in [0.2, 0.25) is 0 Å². The molecule has 17 heavy (non-hydrogen) atoms. The number of hydrogen-bond acceptors (Lipinski definition) is 2. The third-order valence-electron chi connectivity index (χ3n) is 2.94. The van der Waals surface area contributed by atoms with Crippen molar-refractivity contribution in [2.24, 2.45) is 11.8 Å². The number of methoxy groups -OCH3 is 1. The molecule has 0 aliphatic rings. The van der Waals surface area contributed by atoms with Crippen molar-refractivity contribution in [2.45, 2.75) is 65.8 Å². The fourth-order valence-corrected chi connectivity index (χ4v) is 2.10. The van der Waals surface area contributed by atoms with Crippen LogP contribution >= 0.6 is 0 Å². The van der Waals surface area contributed by atoms with Gasteiger partial charge in [-0.1, -0.05) is 20.3 Å². The molecule has 0 heterocycles. The summed E-state index contributed by atoms with van der Waals surface area (Å²) >= 11 is 0. The van der Waals surface area contributed by atoms with Crippen molar-refractivity contribution in [2.75, 3.05) is 20.3 Å². The third kappa shape index (κ3) is 12.2. The van der Waals surface area contributed by atoms with Crippen molar-refractivity contribution in [1.82, 2.24) is 5.32 Å². The Balaban J connectivity index is 3.88. The Kier molecular flexibility index (Phi) is 8.89. The zero-order chi connectivity index (χ0) is 13.3. The molecular weight excluding hydrogens is 210 g/mol. The minimum absolute atomic E-state index is 0.238. The van der Waals surface area contributed by atoms with E-state index in [1.165, 1.54) is 25.7 Å². The third-order valence-corrected chi connectivity index (χ3v) is 2.94. The molecule has 2 heteroatoms. The Morgan fingerprint density at radius 3 is 2.24 bits per heavy atom. The first-order chi connectivity index (χ1) is 7.85. The van der Waals surface area contributed by atoms with Gasteiger partial charge in [-0.2, -0.15) is 0 Å². The molecule has 0 spiro atoms. The van der Waals surface area contributed by atoms with Gasteiger partial charge in [-0.3, -0.25) is 0 Å². The maximum atomic E-state index is 5.10. The highest BCUT2D eigenvalue weighted by atomic mass is 16.5. The summed E-state index contributed by atoms with van der Waals surface area (Å²) in [7, 11) is 1.78. The smallest absolute Gasteiger partial charge is 0.0462 e. The monoisotopic (exact) mass is 243 g/mol. The average molecular weight is 243 g/mol. The lowest BCUT2D eigenvalue weighted by Crippen LogP contribution is -2.39. The van der Waals surface area contributed by atoms with Crippen LogP contribution in [-0.4, -0.2) is 25.8 Å². The molecule has 0 saturated heterocycles. The topological polar surface area (TPSA) is 21.3 Å². The Hall–Kier alpha value is -0.0800. The molecule has 0 aliphatic heterocycles. The van der Waals surface area contributed by atoms with Gasteiger partial charge in [-0.15, -0.1) is 0 Å². The van der Waals surface area contributed by atoms with E-state index in [9.17, 15) is 0 Å². The SMILES string of the molecule is COCCCCC(CNC(C)(C)C)CC(C)C. The van der Waals surface area contributed by atoms with Crippen molar-refractivity contribution >= 4 is 0 Å². The first-order valence-corrected chi connectivity index (χ1v) is 7.09. The largest absolute Gasteiger partial charge is 0.385 e. The summed E-state index contributed by atoms with van der Waals surface area (Å²) in [5.41, 5.74) is 0.238. The molecule has 0 aliphatic carbocycles. The van der Waals surface area contributed by atoms with Gasteiger partial charge in [0.1, 0.15) is 0 Å². The highest BCUT2D eigenvalue weighted by Crippen LogP contribution is 2.18. The van der Waals surface area contributed by atoms with E-state index in [1.807, 2.05) is 0 Å². The van der Waals surface area contributed by atoms with E-state index in [0.717, 1.165) is 25.0 Å². The number of rotatable bonds is 9. The van der Waals surface area contributed by atoms with Crippen LogP contribution in [0.15, 0.2) is 0 Å². The molecule has 1 atom stereocenters. The molecule has 0 aromatic rings. The number of hydrogen-bond donors (Lipinski definition) is 1. The Morgan fingerprint density at radius 1 is 1.12 bits per heavy atom. The minimum Gasteiger partial charge on any atom is -0.385 e. The highest BCUT2D eigenvalue weighted by Gasteiger charge is 2.15. The van der Waals surface area contributed by atoms with Gasteiger partial charge in [0.25, 0.3) is 0 Å². The molecule has 2 nitrogen and oxygen atoms in total. The van der Waals surface area contributed by atoms with E-state index in [0.29, 0.717) is 0 Å². The van der Waals surface area contributed by atoms with Crippen LogP contribution in [0, 0.1) is 11.8 Å². The molecule has 0 radical (unpaired) electrons. The molecule has 0 fully saturated rings. The summed E-state index contributed by atoms with van der Waals surface area (Å²) in [6, 6.07) is 0. The second-order valence-electron chi connectivity index (χ2n) is 6.62. The van der Waals surface area contributed by atoms with Gasteiger partial charge in [0.2, 0.25) is 0 Å². The van der Waals surface area contributed by atoms with Crippen molar-refractivity contribution in [1.29, 1.82) is 0 Å². The number of unbranched alkanes of at least 4 members (excludes halogenated alkanes) is 1. The second kappa shape index (κ2) is 8.93. The first-order valence-electron chi connectivity index (χ1n) is 7.09. The zero-order valence-electron chi connectivity index (χ0n) is 12.8. The Labute approximate surface area is 109 Å². The van der Waals surface area contributed by atoms with Crippen LogP contribution in [0.4, 0.5) is 0 Å². The molecule has 0 amide bonds. The van der Waals surface area contributed by atoms with Crippen LogP contribution in [0.5, 0.6) is 0 Å². The second-order valence-corrected chi connectivity index (χ2v) is 6.62. The van der Waals surface area contributed by atoms with Crippen LogP contribution in [-0.2, 0) is 4.74 Å². The van der Waals surface area contributed by atoms with Gasteiger partial charge in [-0.05, 0) is 58.4 Å². The summed E-state index contributed by atoms with van der Waals surface area (Å²) in [5, 5.41) is 3.64. The van der Waals surface area contributed by atoms with E-state index in [-0.39, 0.29) is 5.54 Å². The van der Waals surface area contributed by atoms with Crippen molar-refractivity contribution < 1.29 is 4.74 Å². The average Bonchev–Trinajstić information content (AvgIpc) is 2.18. The van der Waals surface area contributed by atoms with Crippen LogP contribution in [0.25, 0.3) is 0 Å². The van der Waals surface area contributed by atoms with E-state index in [4.69, 9.17) is 4.74 Å². The van der Waals surface area contributed by atoms with Gasteiger partial charge in [0, 0.05) is 19.3 Å². The standard InChI is InChI=1S/C15H33NO/c1-13(2)11-14(9-7-8-10-17-6)12-16-15(3,4)5/h13-14,16H,7-12H2,1-6H3. The van der Waals surface area contributed by atoms with E-state index in [1.54, 1.807) is 7.11 Å². The lowest BCUT2D eigenvalue weighted by atomic mass is 9.91. The molecule has 0 aromatic carbocycles. The van der Waals surface area contributed by atoms with Crippen molar-refractivity contribution in [3.8, 4) is 0 Å². The van der Waals surface area contributed by atoms with Crippen LogP contribution in [0.1, 0.15) is 60.3 Å². The summed E-state index contributed by atoms with van der Waals surface area (Å²) in [4.78, 5) is 0. The summed E-state index contributed by atoms with van der Waals surface area (Å²) in [6.45, 7) is 13.4. The van der Waals surface area contributed by atoms with Crippen LogP contribution in [0.3, 0.4) is 0 Å². The lowest BCUT2D eigenvalue weighted by Gasteiger charge is -2.26. The van der Waals surface area contributed by atoms with Gasteiger partial charge in [0.05, 0.1) is 0 Å². The zero-order valence-corrected chi connectivity index (χ0v) is 12.8. The Bertz CT molecular complexity index is 172. The van der Waals surface area contributed by atoms with Crippen molar-refractivity contribution in [3.05, 3.63) is 0 Å². The normalized spacial score (nSPS) is 14.3. The maximum absolute atomic E-state index is 5.10. The molecule has 0 aromatic heterocycles. The molecule has 1 N–H and O–H groups in total. The summed E-state index contributed by atoms with van der Waals surface area (Å²) < 4.78 is 5.10.